The Bertz CT molecular complexity index is 1970. The van der Waals surface area contributed by atoms with Crippen LogP contribution in [0, 0.1) is 25.2 Å². The van der Waals surface area contributed by atoms with Crippen molar-refractivity contribution in [3.63, 3.8) is 0 Å². The fraction of sp³-hybridized carbons (Fsp3) is 0.607. The number of ether oxygens (including phenoxy) is 2. The number of carbonyl (C=O) groups excluding carboxylic acids is 8. The fourth-order valence-corrected chi connectivity index (χ4v) is 6.84. The molecular formula is C56H90N8O10. The van der Waals surface area contributed by atoms with Crippen molar-refractivity contribution in [3.05, 3.63) is 65.7 Å². The van der Waals surface area contributed by atoms with Gasteiger partial charge >= 0.3 is 5.97 Å². The normalized spacial score (nSPS) is 13.9. The minimum Gasteiger partial charge on any atom is -0.484 e. The molecule has 1 aliphatic rings. The second-order valence-electron chi connectivity index (χ2n) is 18.5. The molecule has 1 heterocycles. The maximum absolute atomic E-state index is 12.8. The number of aryl methyl sites for hydroxylation is 1. The van der Waals surface area contributed by atoms with E-state index < -0.39 is 48.2 Å². The van der Waals surface area contributed by atoms with Crippen LogP contribution in [-0.2, 0) is 49.5 Å². The number of benzene rings is 2. The number of nitrogens with zero attached hydrogens (tertiary/aromatic N) is 1. The first-order valence-corrected chi connectivity index (χ1v) is 26.3. The predicted octanol–water partition coefficient (Wildman–Crippen LogP) is 5.05. The number of amides is 7. The first kappa shape index (κ1) is 67.5. The number of esters is 1. The SMILES string of the molecule is C#CCCCCC(=O)N(C)CC(=O)NC(C(=O)NCC(=O)N[C@@H](C)C(=O)NCC(=O)NCCCCCCNC(=O)COc1ccc(C[C@H]2NCC[C@H]2OC(C)=O)cc1)C(C)C.CCC.CCC.Cc1ccccc1. The number of nitrogens with one attached hydrogen (secondary N) is 7. The minimum atomic E-state index is -0.995. The maximum Gasteiger partial charge on any atom is 0.302 e. The van der Waals surface area contributed by atoms with Crippen molar-refractivity contribution < 1.29 is 47.8 Å². The molecule has 4 atom stereocenters. The van der Waals surface area contributed by atoms with Crippen molar-refractivity contribution >= 4 is 47.3 Å². The Morgan fingerprint density at radius 3 is 1.86 bits per heavy atom. The molecule has 0 saturated carbocycles. The summed E-state index contributed by atoms with van der Waals surface area (Å²) in [6.07, 6.45) is 14.4. The van der Waals surface area contributed by atoms with E-state index in [9.17, 15) is 38.4 Å². The molecule has 0 aliphatic carbocycles. The van der Waals surface area contributed by atoms with Crippen LogP contribution in [0.3, 0.4) is 0 Å². The van der Waals surface area contributed by atoms with E-state index in [1.807, 2.05) is 42.5 Å². The third kappa shape index (κ3) is 34.0. The predicted molar refractivity (Wildman–Crippen MR) is 291 cm³/mol. The summed E-state index contributed by atoms with van der Waals surface area (Å²) in [6, 6.07) is 15.9. The molecule has 0 radical (unpaired) electrons. The summed E-state index contributed by atoms with van der Waals surface area (Å²) in [7, 11) is 1.50. The van der Waals surface area contributed by atoms with Crippen molar-refractivity contribution in [2.45, 2.75) is 164 Å². The Hall–Kier alpha value is -6.48. The van der Waals surface area contributed by atoms with E-state index in [0.29, 0.717) is 50.9 Å². The second kappa shape index (κ2) is 41.9. The number of hydrogen-bond donors (Lipinski definition) is 7. The smallest absolute Gasteiger partial charge is 0.302 e. The number of carbonyl (C=O) groups is 8. The molecule has 3 rings (SSSR count). The number of likely N-dealkylation sites (N-methyl/N-ethyl adjacent to an activating group) is 1. The van der Waals surface area contributed by atoms with Crippen molar-refractivity contribution in [1.82, 2.24) is 42.1 Å². The Labute approximate surface area is 442 Å². The topological polar surface area (TPSA) is 242 Å². The van der Waals surface area contributed by atoms with Gasteiger partial charge < -0.3 is 51.6 Å². The van der Waals surface area contributed by atoms with Crippen molar-refractivity contribution in [1.29, 1.82) is 0 Å². The average molecular weight is 1040 g/mol. The van der Waals surface area contributed by atoms with E-state index in [-0.39, 0.29) is 62.0 Å². The molecule has 414 valence electrons. The Balaban J connectivity index is 0.00000360. The van der Waals surface area contributed by atoms with E-state index >= 15 is 0 Å². The number of terminal acetylenes is 1. The van der Waals surface area contributed by atoms with E-state index in [2.05, 4.69) is 89.9 Å². The molecule has 2 aromatic carbocycles. The van der Waals surface area contributed by atoms with Gasteiger partial charge in [0.05, 0.1) is 19.6 Å². The molecule has 7 N–H and O–H groups in total. The highest BCUT2D eigenvalue weighted by Gasteiger charge is 2.30. The third-order valence-corrected chi connectivity index (χ3v) is 10.7. The first-order chi connectivity index (χ1) is 35.3. The molecule has 1 saturated heterocycles. The van der Waals surface area contributed by atoms with Crippen LogP contribution in [0.2, 0.25) is 0 Å². The van der Waals surface area contributed by atoms with Crippen LogP contribution in [0.25, 0.3) is 0 Å². The van der Waals surface area contributed by atoms with Crippen molar-refractivity contribution in [3.8, 4) is 18.1 Å². The lowest BCUT2D eigenvalue weighted by Gasteiger charge is -2.24. The molecule has 18 heteroatoms. The van der Waals surface area contributed by atoms with Gasteiger partial charge in [-0.05, 0) is 82.5 Å². The van der Waals surface area contributed by atoms with Gasteiger partial charge in [0.1, 0.15) is 23.9 Å². The number of unbranched alkanes of at least 4 members (excludes halogenated alkanes) is 5. The molecule has 18 nitrogen and oxygen atoms in total. The Kier molecular flexibility index (Phi) is 38.3. The van der Waals surface area contributed by atoms with Gasteiger partial charge in [-0.3, -0.25) is 38.4 Å². The van der Waals surface area contributed by atoms with Gasteiger partial charge in [0.2, 0.25) is 35.4 Å². The minimum absolute atomic E-state index is 0.0618. The molecule has 2 aromatic rings. The van der Waals surface area contributed by atoms with Crippen molar-refractivity contribution in [2.24, 2.45) is 5.92 Å². The van der Waals surface area contributed by atoms with E-state index in [0.717, 1.165) is 37.8 Å². The van der Waals surface area contributed by atoms with Crippen LogP contribution >= 0.6 is 0 Å². The Morgan fingerprint density at radius 2 is 1.31 bits per heavy atom. The molecule has 0 aromatic heterocycles. The number of rotatable bonds is 28. The third-order valence-electron chi connectivity index (χ3n) is 10.7. The van der Waals surface area contributed by atoms with Gasteiger partial charge in [0.15, 0.2) is 6.61 Å². The van der Waals surface area contributed by atoms with Crippen LogP contribution in [0.5, 0.6) is 5.75 Å². The van der Waals surface area contributed by atoms with Gasteiger partial charge in [-0.2, -0.15) is 0 Å². The van der Waals surface area contributed by atoms with Crippen LogP contribution in [-0.4, -0.2) is 129 Å². The standard InChI is InChI=1S/C43H66N8O10.C7H8.2C3H8/c1-7-8-9-12-15-40(57)51(6)27-38(55)50-41(29(2)3)43(59)48-26-37(54)49-30(4)42(58)47-25-36(53)45-21-13-10-11-14-22-46-39(56)28-60-33-18-16-32(17-19-33)24-34-35(20-23-44-34)61-31(5)52;1-7-5-3-2-4-6-7;2*1-3-2/h1,16-19,29-30,34-35,41,44H,8-15,20-28H2,2-6H3,(H,45,53)(H,46,56)(H,47,58)(H,48,59)(H,49,54)(H,50,55);2-6H,1H3;2*3H2,1-2H3/t30-,34+,35+,41?;;;/m0.../s1. The molecule has 0 spiro atoms. The van der Waals surface area contributed by atoms with Gasteiger partial charge in [0, 0.05) is 45.9 Å². The second-order valence-corrected chi connectivity index (χ2v) is 18.5. The van der Waals surface area contributed by atoms with Crippen LogP contribution in [0.15, 0.2) is 54.6 Å². The summed E-state index contributed by atoms with van der Waals surface area (Å²) in [5.74, 6) is -0.718. The zero-order chi connectivity index (χ0) is 55.7. The molecule has 1 aliphatic heterocycles. The molecule has 74 heavy (non-hydrogen) atoms. The summed E-state index contributed by atoms with van der Waals surface area (Å²) in [6.45, 7) is 17.5. The summed E-state index contributed by atoms with van der Waals surface area (Å²) in [4.78, 5) is 99.7. The zero-order valence-corrected chi connectivity index (χ0v) is 46.1. The molecule has 7 amide bonds. The Morgan fingerprint density at radius 1 is 0.730 bits per heavy atom. The summed E-state index contributed by atoms with van der Waals surface area (Å²) < 4.78 is 11.0. The summed E-state index contributed by atoms with van der Waals surface area (Å²) >= 11 is 0. The molecule has 0 bridgehead atoms. The van der Waals surface area contributed by atoms with E-state index in [1.54, 1.807) is 13.8 Å². The highest BCUT2D eigenvalue weighted by atomic mass is 16.5. The van der Waals surface area contributed by atoms with Crippen LogP contribution in [0.4, 0.5) is 0 Å². The van der Waals surface area contributed by atoms with Gasteiger partial charge in [-0.15, -0.1) is 12.3 Å². The van der Waals surface area contributed by atoms with Gasteiger partial charge in [-0.1, -0.05) is 115 Å². The highest BCUT2D eigenvalue weighted by Crippen LogP contribution is 2.19. The quantitative estimate of drug-likeness (QED) is 0.0338. The lowest BCUT2D eigenvalue weighted by Crippen LogP contribution is -2.54. The lowest BCUT2D eigenvalue weighted by atomic mass is 10.0. The molecule has 1 unspecified atom stereocenters. The van der Waals surface area contributed by atoms with Gasteiger partial charge in [0.25, 0.3) is 5.91 Å². The molecular weight excluding hydrogens is 945 g/mol. The van der Waals surface area contributed by atoms with Crippen molar-refractivity contribution in [2.75, 3.05) is 52.9 Å². The van der Waals surface area contributed by atoms with E-state index in [1.165, 1.54) is 44.2 Å². The summed E-state index contributed by atoms with van der Waals surface area (Å²) in [5.41, 5.74) is 2.39. The average Bonchev–Trinajstić information content (AvgIpc) is 3.79. The monoisotopic (exact) mass is 1030 g/mol. The zero-order valence-electron chi connectivity index (χ0n) is 46.1. The fourth-order valence-electron chi connectivity index (χ4n) is 6.84. The molecule has 1 fully saturated rings. The summed E-state index contributed by atoms with van der Waals surface area (Å²) in [5, 5.41) is 18.9. The maximum atomic E-state index is 12.8. The first-order valence-electron chi connectivity index (χ1n) is 26.3. The highest BCUT2D eigenvalue weighted by molar-refractivity contribution is 5.94. The number of hydrogen-bond acceptors (Lipinski definition) is 11. The van der Waals surface area contributed by atoms with Gasteiger partial charge in [-0.25, -0.2) is 0 Å². The lowest BCUT2D eigenvalue weighted by molar-refractivity contribution is -0.146. The largest absolute Gasteiger partial charge is 0.484 e. The van der Waals surface area contributed by atoms with Crippen LogP contribution in [0.1, 0.15) is 137 Å². The van der Waals surface area contributed by atoms with E-state index in [4.69, 9.17) is 15.9 Å². The van der Waals surface area contributed by atoms with Crippen LogP contribution < -0.4 is 42.0 Å².